The number of pyridine rings is 1. The van der Waals surface area contributed by atoms with E-state index in [9.17, 15) is 17.2 Å². The SMILES string of the molecule is Cc1ccc(-c2cccnc2-c2cc(F)c(S(N)(=O)=O)c(F)c2)cc1Cl. The Balaban J connectivity index is 2.22. The summed E-state index contributed by atoms with van der Waals surface area (Å²) in [4.78, 5) is 3.03. The van der Waals surface area contributed by atoms with Crippen molar-refractivity contribution in [1.29, 1.82) is 0 Å². The van der Waals surface area contributed by atoms with E-state index in [1.54, 1.807) is 18.2 Å². The Hall–Kier alpha value is -2.35. The fraction of sp³-hybridized carbons (Fsp3) is 0.0556. The molecule has 134 valence electrons. The molecule has 0 aliphatic heterocycles. The van der Waals surface area contributed by atoms with Crippen molar-refractivity contribution in [1.82, 2.24) is 4.98 Å². The summed E-state index contributed by atoms with van der Waals surface area (Å²) in [5.74, 6) is -2.55. The number of halogens is 3. The van der Waals surface area contributed by atoms with Crippen molar-refractivity contribution in [2.75, 3.05) is 0 Å². The summed E-state index contributed by atoms with van der Waals surface area (Å²) >= 11 is 6.16. The molecule has 0 amide bonds. The number of benzene rings is 2. The first kappa shape index (κ1) is 18.4. The number of aromatic nitrogens is 1. The van der Waals surface area contributed by atoms with Gasteiger partial charge in [0.05, 0.1) is 5.69 Å². The largest absolute Gasteiger partial charge is 0.256 e. The van der Waals surface area contributed by atoms with Gasteiger partial charge in [-0.3, -0.25) is 4.98 Å². The lowest BCUT2D eigenvalue weighted by Gasteiger charge is -2.12. The van der Waals surface area contributed by atoms with E-state index in [4.69, 9.17) is 16.7 Å². The molecule has 1 heterocycles. The first-order valence-electron chi connectivity index (χ1n) is 7.42. The molecule has 0 aliphatic rings. The zero-order valence-electron chi connectivity index (χ0n) is 13.5. The number of hydrogen-bond donors (Lipinski definition) is 1. The van der Waals surface area contributed by atoms with E-state index < -0.39 is 26.6 Å². The minimum absolute atomic E-state index is 0.0831. The van der Waals surface area contributed by atoms with Crippen LogP contribution in [0.15, 0.2) is 53.6 Å². The predicted octanol–water partition coefficient (Wildman–Crippen LogP) is 4.30. The summed E-state index contributed by atoms with van der Waals surface area (Å²) < 4.78 is 51.1. The third kappa shape index (κ3) is 3.46. The fourth-order valence-electron chi connectivity index (χ4n) is 2.60. The third-order valence-electron chi connectivity index (χ3n) is 3.85. The van der Waals surface area contributed by atoms with Crippen LogP contribution in [0.3, 0.4) is 0 Å². The highest BCUT2D eigenvalue weighted by molar-refractivity contribution is 7.89. The zero-order chi connectivity index (χ0) is 19.1. The van der Waals surface area contributed by atoms with Crippen LogP contribution in [0, 0.1) is 18.6 Å². The Morgan fingerprint density at radius 2 is 1.69 bits per heavy atom. The lowest BCUT2D eigenvalue weighted by Crippen LogP contribution is -2.16. The van der Waals surface area contributed by atoms with Crippen LogP contribution in [0.4, 0.5) is 8.78 Å². The van der Waals surface area contributed by atoms with E-state index in [1.807, 2.05) is 19.1 Å². The van der Waals surface area contributed by atoms with Crippen molar-refractivity contribution in [2.24, 2.45) is 5.14 Å². The summed E-state index contributed by atoms with van der Waals surface area (Å²) in [5, 5.41) is 5.40. The second-order valence-corrected chi connectivity index (χ2v) is 7.58. The predicted molar refractivity (Wildman–Crippen MR) is 96.1 cm³/mol. The Bertz CT molecular complexity index is 1090. The lowest BCUT2D eigenvalue weighted by molar-refractivity contribution is 0.520. The molecule has 0 spiro atoms. The standard InChI is InChI=1S/C18H13ClF2N2O2S/c1-10-4-5-11(7-14(10)19)13-3-2-6-23-17(13)12-8-15(20)18(16(21)9-12)26(22,24)25/h2-9H,1H3,(H2,22,24,25). The van der Waals surface area contributed by atoms with Crippen LogP contribution < -0.4 is 5.14 Å². The lowest BCUT2D eigenvalue weighted by atomic mass is 9.98. The number of primary sulfonamides is 1. The number of nitrogens with zero attached hydrogens (tertiary/aromatic N) is 1. The highest BCUT2D eigenvalue weighted by atomic mass is 35.5. The minimum atomic E-state index is -4.52. The first-order chi connectivity index (χ1) is 12.2. The molecule has 0 radical (unpaired) electrons. The maximum atomic E-state index is 14.2. The van der Waals surface area contributed by atoms with Gasteiger partial charge in [0.15, 0.2) is 4.90 Å². The Morgan fingerprint density at radius 1 is 1.04 bits per heavy atom. The van der Waals surface area contributed by atoms with Crippen molar-refractivity contribution in [3.8, 4) is 22.4 Å². The molecule has 4 nitrogen and oxygen atoms in total. The summed E-state index contributed by atoms with van der Waals surface area (Å²) in [6, 6.07) is 10.6. The number of rotatable bonds is 3. The van der Waals surface area contributed by atoms with Gasteiger partial charge in [0.25, 0.3) is 0 Å². The maximum absolute atomic E-state index is 14.2. The van der Waals surface area contributed by atoms with Gasteiger partial charge in [-0.15, -0.1) is 0 Å². The normalized spacial score (nSPS) is 11.6. The average Bonchev–Trinajstić information content (AvgIpc) is 2.55. The van der Waals surface area contributed by atoms with E-state index in [-0.39, 0.29) is 11.3 Å². The molecule has 2 N–H and O–H groups in total. The van der Waals surface area contributed by atoms with Crippen molar-refractivity contribution < 1.29 is 17.2 Å². The Labute approximate surface area is 154 Å². The zero-order valence-corrected chi connectivity index (χ0v) is 15.1. The van der Waals surface area contributed by atoms with Crippen LogP contribution in [0.5, 0.6) is 0 Å². The molecule has 2 aromatic carbocycles. The summed E-state index contributed by atoms with van der Waals surface area (Å²) in [6.07, 6.45) is 1.47. The van der Waals surface area contributed by atoms with Crippen LogP contribution in [0.25, 0.3) is 22.4 Å². The molecule has 0 saturated carbocycles. The van der Waals surface area contributed by atoms with Gasteiger partial charge in [-0.2, -0.15) is 0 Å². The molecule has 1 aromatic heterocycles. The van der Waals surface area contributed by atoms with Crippen LogP contribution in [-0.2, 0) is 10.0 Å². The van der Waals surface area contributed by atoms with E-state index in [2.05, 4.69) is 4.98 Å². The highest BCUT2D eigenvalue weighted by Gasteiger charge is 2.22. The molecule has 3 rings (SSSR count). The van der Waals surface area contributed by atoms with Gasteiger partial charge in [-0.05, 0) is 42.3 Å². The first-order valence-corrected chi connectivity index (χ1v) is 9.34. The van der Waals surface area contributed by atoms with Gasteiger partial charge in [-0.1, -0.05) is 29.8 Å². The van der Waals surface area contributed by atoms with E-state index in [1.165, 1.54) is 6.20 Å². The van der Waals surface area contributed by atoms with Gasteiger partial charge in [0, 0.05) is 22.3 Å². The van der Waals surface area contributed by atoms with Crippen LogP contribution in [0.1, 0.15) is 5.56 Å². The van der Waals surface area contributed by atoms with Gasteiger partial charge < -0.3 is 0 Å². The van der Waals surface area contributed by atoms with Gasteiger partial charge in [-0.25, -0.2) is 22.3 Å². The molecule has 8 heteroatoms. The second kappa shape index (κ2) is 6.75. The second-order valence-electron chi connectivity index (χ2n) is 5.68. The van der Waals surface area contributed by atoms with Crippen molar-refractivity contribution in [3.05, 3.63) is 70.9 Å². The van der Waals surface area contributed by atoms with E-state index >= 15 is 0 Å². The molecule has 0 aliphatic carbocycles. The number of hydrogen-bond acceptors (Lipinski definition) is 3. The molecule has 0 atom stereocenters. The molecule has 0 bridgehead atoms. The average molecular weight is 395 g/mol. The number of aryl methyl sites for hydroxylation is 1. The molecule has 0 fully saturated rings. The van der Waals surface area contributed by atoms with Gasteiger partial charge in [0.2, 0.25) is 10.0 Å². The molecular weight excluding hydrogens is 382 g/mol. The maximum Gasteiger partial charge on any atom is 0.243 e. The Kier molecular flexibility index (Phi) is 4.79. The summed E-state index contributed by atoms with van der Waals surface area (Å²) in [5.41, 5.74) is 2.55. The quantitative estimate of drug-likeness (QED) is 0.719. The monoisotopic (exact) mass is 394 g/mol. The van der Waals surface area contributed by atoms with E-state index in [0.29, 0.717) is 16.1 Å². The molecule has 26 heavy (non-hydrogen) atoms. The van der Waals surface area contributed by atoms with Gasteiger partial charge >= 0.3 is 0 Å². The molecule has 0 unspecified atom stereocenters. The topological polar surface area (TPSA) is 73.0 Å². The number of nitrogens with two attached hydrogens (primary N) is 1. The van der Waals surface area contributed by atoms with Crippen LogP contribution >= 0.6 is 11.6 Å². The van der Waals surface area contributed by atoms with Crippen molar-refractivity contribution >= 4 is 21.6 Å². The highest BCUT2D eigenvalue weighted by Crippen LogP contribution is 2.34. The van der Waals surface area contributed by atoms with E-state index in [0.717, 1.165) is 17.7 Å². The Morgan fingerprint density at radius 3 is 2.27 bits per heavy atom. The summed E-state index contributed by atoms with van der Waals surface area (Å²) in [6.45, 7) is 1.85. The molecule has 0 saturated heterocycles. The van der Waals surface area contributed by atoms with Crippen LogP contribution in [0.2, 0.25) is 5.02 Å². The fourth-order valence-corrected chi connectivity index (χ4v) is 3.44. The molecule has 3 aromatic rings. The van der Waals surface area contributed by atoms with Crippen molar-refractivity contribution in [2.45, 2.75) is 11.8 Å². The van der Waals surface area contributed by atoms with Gasteiger partial charge in [0.1, 0.15) is 11.6 Å². The van der Waals surface area contributed by atoms with Crippen molar-refractivity contribution in [3.63, 3.8) is 0 Å². The third-order valence-corrected chi connectivity index (χ3v) is 5.21. The summed E-state index contributed by atoms with van der Waals surface area (Å²) in [7, 11) is -4.52. The number of sulfonamides is 1. The van der Waals surface area contributed by atoms with Crippen LogP contribution in [-0.4, -0.2) is 13.4 Å². The smallest absolute Gasteiger partial charge is 0.243 e. The minimum Gasteiger partial charge on any atom is -0.256 e. The molecular formula is C18H13ClF2N2O2S.